The molecule has 2 rings (SSSR count). The van der Waals surface area contributed by atoms with Crippen LogP contribution < -0.4 is 24.6 Å². The number of amides is 2. The summed E-state index contributed by atoms with van der Waals surface area (Å²) in [6, 6.07) is 0.0903. The molecule has 0 saturated heterocycles. The summed E-state index contributed by atoms with van der Waals surface area (Å²) in [6.45, 7) is 0. The number of carbonyl (C=O) groups excluding carboxylic acids is 2. The standard InChI is InChI=1S/C12H14N6O7S/c1-18-9(6(5-13-18)10(19)20)26(22,23)17-12(21)16-11-14-7(24-2)4-8(15-11)25-3/h4-5H,1-3H3,(H,19,20)(H2,14,15,16,17,21)/p-1. The maximum Gasteiger partial charge on any atom is 0.335 e. The molecule has 2 aromatic heterocycles. The van der Waals surface area contributed by atoms with Crippen LogP contribution in [0.4, 0.5) is 10.7 Å². The van der Waals surface area contributed by atoms with E-state index in [0.29, 0.717) is 0 Å². The van der Waals surface area contributed by atoms with Crippen LogP contribution in [0, 0.1) is 0 Å². The Kier molecular flexibility index (Phi) is 5.25. The van der Waals surface area contributed by atoms with Crippen LogP contribution in [0.3, 0.4) is 0 Å². The van der Waals surface area contributed by atoms with Crippen LogP contribution in [0.1, 0.15) is 10.4 Å². The van der Waals surface area contributed by atoms with E-state index >= 15 is 0 Å². The van der Waals surface area contributed by atoms with Crippen molar-refractivity contribution in [3.8, 4) is 11.8 Å². The molecule has 13 nitrogen and oxygen atoms in total. The number of nitrogens with zero attached hydrogens (tertiary/aromatic N) is 4. The van der Waals surface area contributed by atoms with Crippen molar-refractivity contribution < 1.29 is 32.6 Å². The number of sulfonamides is 1. The number of nitrogens with one attached hydrogen (secondary N) is 2. The Labute approximate surface area is 147 Å². The van der Waals surface area contributed by atoms with E-state index in [1.165, 1.54) is 27.3 Å². The molecule has 140 valence electrons. The van der Waals surface area contributed by atoms with Crippen molar-refractivity contribution in [3.63, 3.8) is 0 Å². The fourth-order valence-electron chi connectivity index (χ4n) is 1.85. The van der Waals surface area contributed by atoms with E-state index in [1.807, 2.05) is 0 Å². The molecule has 0 bridgehead atoms. The predicted molar refractivity (Wildman–Crippen MR) is 82.0 cm³/mol. The van der Waals surface area contributed by atoms with Gasteiger partial charge in [-0.2, -0.15) is 23.5 Å². The minimum Gasteiger partial charge on any atom is -0.545 e. The molecule has 2 aromatic rings. The number of methoxy groups -OCH3 is 2. The molecule has 0 atom stereocenters. The summed E-state index contributed by atoms with van der Waals surface area (Å²) in [7, 11) is -0.746. The van der Waals surface area contributed by atoms with E-state index in [1.54, 1.807) is 4.72 Å². The fourth-order valence-corrected chi connectivity index (χ4v) is 3.06. The van der Waals surface area contributed by atoms with Crippen molar-refractivity contribution in [1.82, 2.24) is 24.5 Å². The van der Waals surface area contributed by atoms with Gasteiger partial charge in [-0.25, -0.2) is 9.52 Å². The van der Waals surface area contributed by atoms with Crippen LogP contribution in [0.15, 0.2) is 17.3 Å². The third-order valence-electron chi connectivity index (χ3n) is 2.91. The van der Waals surface area contributed by atoms with Gasteiger partial charge in [-0.05, 0) is 0 Å². The molecule has 0 aliphatic carbocycles. The average Bonchev–Trinajstić information content (AvgIpc) is 2.96. The van der Waals surface area contributed by atoms with Crippen molar-refractivity contribution in [3.05, 3.63) is 17.8 Å². The Morgan fingerprint density at radius 1 is 1.19 bits per heavy atom. The van der Waals surface area contributed by atoms with E-state index in [0.717, 1.165) is 10.9 Å². The Hall–Kier alpha value is -3.42. The number of carboxylic acids is 1. The molecule has 0 radical (unpaired) electrons. The molecule has 14 heteroatoms. The molecule has 0 saturated carbocycles. The van der Waals surface area contributed by atoms with Gasteiger partial charge in [0.15, 0.2) is 5.03 Å². The van der Waals surface area contributed by atoms with E-state index in [2.05, 4.69) is 20.4 Å². The third kappa shape index (κ3) is 3.97. The Morgan fingerprint density at radius 3 is 2.27 bits per heavy atom. The van der Waals surface area contributed by atoms with Gasteiger partial charge in [0, 0.05) is 7.05 Å². The highest BCUT2D eigenvalue weighted by molar-refractivity contribution is 7.90. The van der Waals surface area contributed by atoms with E-state index in [4.69, 9.17) is 9.47 Å². The number of carbonyl (C=O) groups is 2. The minimum absolute atomic E-state index is 0.0564. The summed E-state index contributed by atoms with van der Waals surface area (Å²) < 4.78 is 36.7. The maximum atomic E-state index is 12.3. The van der Waals surface area contributed by atoms with E-state index < -0.39 is 32.6 Å². The second-order valence-electron chi connectivity index (χ2n) is 4.61. The van der Waals surface area contributed by atoms with Gasteiger partial charge in [0.05, 0.1) is 38.0 Å². The average molecular weight is 385 g/mol. The topological polar surface area (TPSA) is 177 Å². The van der Waals surface area contributed by atoms with Gasteiger partial charge < -0.3 is 19.4 Å². The highest BCUT2D eigenvalue weighted by atomic mass is 32.2. The van der Waals surface area contributed by atoms with Crippen LogP contribution >= 0.6 is 0 Å². The molecule has 0 aliphatic rings. The Bertz CT molecular complexity index is 933. The normalized spacial score (nSPS) is 10.9. The molecule has 0 unspecified atom stereocenters. The molecular weight excluding hydrogens is 372 g/mol. The zero-order valence-electron chi connectivity index (χ0n) is 13.7. The zero-order valence-corrected chi connectivity index (χ0v) is 14.5. The first-order chi connectivity index (χ1) is 12.2. The number of carboxylic acid groups (broad SMARTS) is 1. The van der Waals surface area contributed by atoms with Crippen LogP contribution in [-0.4, -0.2) is 54.4 Å². The molecule has 2 heterocycles. The lowest BCUT2D eigenvalue weighted by molar-refractivity contribution is -0.255. The van der Waals surface area contributed by atoms with Crippen LogP contribution in [-0.2, 0) is 17.1 Å². The molecule has 0 fully saturated rings. The van der Waals surface area contributed by atoms with Gasteiger partial charge >= 0.3 is 6.03 Å². The van der Waals surface area contributed by atoms with E-state index in [-0.39, 0.29) is 17.7 Å². The quantitative estimate of drug-likeness (QED) is 0.570. The van der Waals surface area contributed by atoms with Crippen LogP contribution in [0.5, 0.6) is 11.8 Å². The Balaban J connectivity index is 2.25. The van der Waals surface area contributed by atoms with Gasteiger partial charge in [0.2, 0.25) is 17.7 Å². The molecular formula is C12H13N6O7S-. The highest BCUT2D eigenvalue weighted by Crippen LogP contribution is 2.18. The van der Waals surface area contributed by atoms with Crippen molar-refractivity contribution in [2.24, 2.45) is 7.05 Å². The number of aromatic nitrogens is 4. The van der Waals surface area contributed by atoms with Gasteiger partial charge in [0.25, 0.3) is 10.0 Å². The molecule has 0 spiro atoms. The smallest absolute Gasteiger partial charge is 0.335 e. The van der Waals surface area contributed by atoms with Gasteiger partial charge in [-0.1, -0.05) is 0 Å². The van der Waals surface area contributed by atoms with E-state index in [9.17, 15) is 23.1 Å². The summed E-state index contributed by atoms with van der Waals surface area (Å²) in [5.41, 5.74) is -0.702. The summed E-state index contributed by atoms with van der Waals surface area (Å²) in [5.74, 6) is -1.96. The third-order valence-corrected chi connectivity index (χ3v) is 4.36. The summed E-state index contributed by atoms with van der Waals surface area (Å²) in [6.07, 6.45) is 0.790. The van der Waals surface area contributed by atoms with Gasteiger partial charge in [-0.15, -0.1) is 0 Å². The summed E-state index contributed by atoms with van der Waals surface area (Å²) in [5, 5.41) is 15.8. The Morgan fingerprint density at radius 2 is 1.77 bits per heavy atom. The van der Waals surface area contributed by atoms with Crippen molar-refractivity contribution in [2.45, 2.75) is 5.03 Å². The lowest BCUT2D eigenvalue weighted by atomic mass is 10.4. The van der Waals surface area contributed by atoms with Crippen molar-refractivity contribution in [2.75, 3.05) is 19.5 Å². The number of hydrogen-bond acceptors (Lipinski definition) is 10. The number of aromatic carboxylic acids is 1. The number of urea groups is 1. The number of rotatable bonds is 6. The molecule has 2 N–H and O–H groups in total. The van der Waals surface area contributed by atoms with Crippen molar-refractivity contribution >= 4 is 28.0 Å². The number of ether oxygens (including phenoxy) is 2. The van der Waals surface area contributed by atoms with Gasteiger partial charge in [0.1, 0.15) is 0 Å². The van der Waals surface area contributed by atoms with Crippen molar-refractivity contribution in [1.29, 1.82) is 0 Å². The molecule has 0 aliphatic heterocycles. The second-order valence-corrected chi connectivity index (χ2v) is 6.21. The summed E-state index contributed by atoms with van der Waals surface area (Å²) >= 11 is 0. The lowest BCUT2D eigenvalue weighted by Crippen LogP contribution is -2.37. The number of anilines is 1. The van der Waals surface area contributed by atoms with Gasteiger partial charge in [-0.3, -0.25) is 10.00 Å². The highest BCUT2D eigenvalue weighted by Gasteiger charge is 2.26. The first-order valence-corrected chi connectivity index (χ1v) is 8.20. The van der Waals surface area contributed by atoms with Crippen LogP contribution in [0.2, 0.25) is 0 Å². The van der Waals surface area contributed by atoms with Crippen LogP contribution in [0.25, 0.3) is 0 Å². The SMILES string of the molecule is COc1cc(OC)nc(NC(=O)NS(=O)(=O)c2c(C(=O)[O-])cnn2C)n1. The predicted octanol–water partition coefficient (Wildman–Crippen LogP) is -1.90. The first kappa shape index (κ1) is 18.9. The largest absolute Gasteiger partial charge is 0.545 e. The number of hydrogen-bond donors (Lipinski definition) is 2. The number of aryl methyl sites for hydroxylation is 1. The lowest BCUT2D eigenvalue weighted by Gasteiger charge is -2.11. The molecule has 2 amide bonds. The molecule has 0 aromatic carbocycles. The second kappa shape index (κ2) is 7.22. The fraction of sp³-hybridized carbons (Fsp3) is 0.250. The zero-order chi connectivity index (χ0) is 19.5. The first-order valence-electron chi connectivity index (χ1n) is 6.72. The minimum atomic E-state index is -4.57. The summed E-state index contributed by atoms with van der Waals surface area (Å²) in [4.78, 5) is 30.5. The molecule has 26 heavy (non-hydrogen) atoms. The monoisotopic (exact) mass is 385 g/mol. The maximum absolute atomic E-state index is 12.3.